The van der Waals surface area contributed by atoms with Crippen LogP contribution in [0.5, 0.6) is 0 Å². The Labute approximate surface area is 117 Å². The van der Waals surface area contributed by atoms with Gasteiger partial charge >= 0.3 is 6.18 Å². The third-order valence-electron chi connectivity index (χ3n) is 2.90. The third kappa shape index (κ3) is 3.45. The first-order valence-corrected chi connectivity index (χ1v) is 5.92. The van der Waals surface area contributed by atoms with Crippen molar-refractivity contribution in [2.24, 2.45) is 0 Å². The van der Waals surface area contributed by atoms with Crippen molar-refractivity contribution < 1.29 is 26.7 Å². The number of alkyl halides is 3. The normalized spacial score (nSPS) is 11.5. The summed E-state index contributed by atoms with van der Waals surface area (Å²) < 4.78 is 64.6. The van der Waals surface area contributed by atoms with Crippen LogP contribution in [0.1, 0.15) is 21.5 Å². The number of benzene rings is 2. The van der Waals surface area contributed by atoms with Gasteiger partial charge in [-0.2, -0.15) is 13.2 Å². The second-order valence-corrected chi connectivity index (χ2v) is 4.38. The molecule has 0 amide bonds. The predicted molar refractivity (Wildman–Crippen MR) is 65.8 cm³/mol. The summed E-state index contributed by atoms with van der Waals surface area (Å²) in [4.78, 5) is 11.9. The van der Waals surface area contributed by atoms with Crippen LogP contribution in [-0.4, -0.2) is 5.78 Å². The van der Waals surface area contributed by atoms with Gasteiger partial charge in [-0.15, -0.1) is 0 Å². The standard InChI is InChI=1S/C15H9F5O/c16-12-4-2-1-3-9(12)7-14(21)11-8-10(15(18,19)20)5-6-13(11)17/h1-6,8H,7H2. The quantitative estimate of drug-likeness (QED) is 0.606. The van der Waals surface area contributed by atoms with Crippen LogP contribution in [0.25, 0.3) is 0 Å². The van der Waals surface area contributed by atoms with Gasteiger partial charge in [-0.25, -0.2) is 8.78 Å². The molecule has 0 aliphatic carbocycles. The third-order valence-corrected chi connectivity index (χ3v) is 2.90. The fourth-order valence-corrected chi connectivity index (χ4v) is 1.83. The van der Waals surface area contributed by atoms with Gasteiger partial charge in [-0.1, -0.05) is 18.2 Å². The predicted octanol–water partition coefficient (Wildman–Crippen LogP) is 4.41. The van der Waals surface area contributed by atoms with Crippen molar-refractivity contribution in [1.29, 1.82) is 0 Å². The Morgan fingerprint density at radius 1 is 0.952 bits per heavy atom. The number of carbonyl (C=O) groups excluding carboxylic acids is 1. The van der Waals surface area contributed by atoms with Crippen molar-refractivity contribution >= 4 is 5.78 Å². The zero-order chi connectivity index (χ0) is 15.6. The van der Waals surface area contributed by atoms with Gasteiger partial charge in [0.25, 0.3) is 0 Å². The smallest absolute Gasteiger partial charge is 0.294 e. The maximum Gasteiger partial charge on any atom is 0.416 e. The van der Waals surface area contributed by atoms with Gasteiger partial charge in [-0.3, -0.25) is 4.79 Å². The summed E-state index contributed by atoms with van der Waals surface area (Å²) in [6.45, 7) is 0. The van der Waals surface area contributed by atoms with E-state index in [0.29, 0.717) is 18.2 Å². The number of ketones is 1. The molecule has 1 nitrogen and oxygen atoms in total. The summed E-state index contributed by atoms with van der Waals surface area (Å²) in [5.41, 5.74) is -1.83. The van der Waals surface area contributed by atoms with E-state index in [1.54, 1.807) is 0 Å². The Morgan fingerprint density at radius 2 is 1.62 bits per heavy atom. The van der Waals surface area contributed by atoms with Crippen molar-refractivity contribution in [2.75, 3.05) is 0 Å². The topological polar surface area (TPSA) is 17.1 Å². The van der Waals surface area contributed by atoms with E-state index in [1.807, 2.05) is 0 Å². The average Bonchev–Trinajstić information content (AvgIpc) is 2.40. The molecular formula is C15H9F5O. The summed E-state index contributed by atoms with van der Waals surface area (Å²) >= 11 is 0. The SMILES string of the molecule is O=C(Cc1ccccc1F)c1cc(C(F)(F)F)ccc1F. The van der Waals surface area contributed by atoms with Crippen LogP contribution in [0.2, 0.25) is 0 Å². The Bertz CT molecular complexity index is 676. The molecule has 0 unspecified atom stereocenters. The second kappa shape index (κ2) is 5.63. The first-order valence-electron chi connectivity index (χ1n) is 5.92. The highest BCUT2D eigenvalue weighted by Crippen LogP contribution is 2.30. The largest absolute Gasteiger partial charge is 0.416 e. The molecule has 110 valence electrons. The van der Waals surface area contributed by atoms with E-state index < -0.39 is 41.1 Å². The molecule has 0 fully saturated rings. The highest BCUT2D eigenvalue weighted by molar-refractivity contribution is 5.98. The summed E-state index contributed by atoms with van der Waals surface area (Å²) in [5.74, 6) is -2.65. The molecule has 0 atom stereocenters. The van der Waals surface area contributed by atoms with Crippen LogP contribution in [0.4, 0.5) is 22.0 Å². The molecule has 2 aromatic carbocycles. The molecule has 6 heteroatoms. The fraction of sp³-hybridized carbons (Fsp3) is 0.133. The minimum Gasteiger partial charge on any atom is -0.294 e. The highest BCUT2D eigenvalue weighted by atomic mass is 19.4. The van der Waals surface area contributed by atoms with Gasteiger partial charge in [0.15, 0.2) is 5.78 Å². The number of rotatable bonds is 3. The van der Waals surface area contributed by atoms with Crippen LogP contribution in [0.3, 0.4) is 0 Å². The molecular weight excluding hydrogens is 291 g/mol. The molecule has 0 aliphatic heterocycles. The summed E-state index contributed by atoms with van der Waals surface area (Å²) in [6, 6.07) is 6.90. The maximum atomic E-state index is 13.5. The number of hydrogen-bond donors (Lipinski definition) is 0. The van der Waals surface area contributed by atoms with E-state index in [1.165, 1.54) is 18.2 Å². The van der Waals surface area contributed by atoms with Crippen molar-refractivity contribution in [1.82, 2.24) is 0 Å². The number of hydrogen-bond acceptors (Lipinski definition) is 1. The van der Waals surface area contributed by atoms with Crippen molar-refractivity contribution in [3.63, 3.8) is 0 Å². The second-order valence-electron chi connectivity index (χ2n) is 4.38. The van der Waals surface area contributed by atoms with Crippen molar-refractivity contribution in [3.8, 4) is 0 Å². The Balaban J connectivity index is 2.33. The van der Waals surface area contributed by atoms with E-state index in [9.17, 15) is 26.7 Å². The van der Waals surface area contributed by atoms with Gasteiger partial charge in [0.1, 0.15) is 11.6 Å². The molecule has 0 radical (unpaired) electrons. The van der Waals surface area contributed by atoms with E-state index in [4.69, 9.17) is 0 Å². The van der Waals surface area contributed by atoms with E-state index in [-0.39, 0.29) is 5.56 Å². The average molecular weight is 300 g/mol. The minimum atomic E-state index is -4.68. The molecule has 0 spiro atoms. The lowest BCUT2D eigenvalue weighted by Gasteiger charge is -2.09. The molecule has 0 aromatic heterocycles. The van der Waals surface area contributed by atoms with E-state index in [2.05, 4.69) is 0 Å². The summed E-state index contributed by atoms with van der Waals surface area (Å²) in [6.07, 6.45) is -5.19. The number of Topliss-reactive ketones (excluding diaryl/α,β-unsaturated/α-hetero) is 1. The van der Waals surface area contributed by atoms with Crippen LogP contribution >= 0.6 is 0 Å². The van der Waals surface area contributed by atoms with E-state index in [0.717, 1.165) is 6.07 Å². The number of carbonyl (C=O) groups is 1. The van der Waals surface area contributed by atoms with E-state index >= 15 is 0 Å². The molecule has 0 saturated heterocycles. The van der Waals surface area contributed by atoms with Crippen LogP contribution in [0, 0.1) is 11.6 Å². The van der Waals surface area contributed by atoms with Gasteiger partial charge in [0.05, 0.1) is 11.1 Å². The van der Waals surface area contributed by atoms with Crippen LogP contribution in [0.15, 0.2) is 42.5 Å². The number of halogens is 5. The Morgan fingerprint density at radius 3 is 2.24 bits per heavy atom. The first kappa shape index (κ1) is 15.2. The van der Waals surface area contributed by atoms with Gasteiger partial charge < -0.3 is 0 Å². The lowest BCUT2D eigenvalue weighted by Crippen LogP contribution is -2.11. The Kier molecular flexibility index (Phi) is 4.06. The monoisotopic (exact) mass is 300 g/mol. The minimum absolute atomic E-state index is 0.000637. The van der Waals surface area contributed by atoms with Crippen LogP contribution in [-0.2, 0) is 12.6 Å². The highest BCUT2D eigenvalue weighted by Gasteiger charge is 2.31. The van der Waals surface area contributed by atoms with Gasteiger partial charge in [0, 0.05) is 6.42 Å². The van der Waals surface area contributed by atoms with Gasteiger partial charge in [0.2, 0.25) is 0 Å². The zero-order valence-electron chi connectivity index (χ0n) is 10.5. The van der Waals surface area contributed by atoms with Gasteiger partial charge in [-0.05, 0) is 29.8 Å². The molecule has 0 heterocycles. The maximum absolute atomic E-state index is 13.5. The summed E-state index contributed by atoms with van der Waals surface area (Å²) in [7, 11) is 0. The molecule has 0 saturated carbocycles. The van der Waals surface area contributed by atoms with Crippen LogP contribution < -0.4 is 0 Å². The van der Waals surface area contributed by atoms with Crippen molar-refractivity contribution in [2.45, 2.75) is 12.6 Å². The first-order chi connectivity index (χ1) is 9.79. The molecule has 2 aromatic rings. The molecule has 21 heavy (non-hydrogen) atoms. The molecule has 0 N–H and O–H groups in total. The molecule has 2 rings (SSSR count). The summed E-state index contributed by atoms with van der Waals surface area (Å²) in [5, 5.41) is 0. The Hall–Kier alpha value is -2.24. The lowest BCUT2D eigenvalue weighted by molar-refractivity contribution is -0.137. The lowest BCUT2D eigenvalue weighted by atomic mass is 10.00. The fourth-order valence-electron chi connectivity index (χ4n) is 1.83. The molecule has 0 bridgehead atoms. The molecule has 0 aliphatic rings. The van der Waals surface area contributed by atoms with Crippen molar-refractivity contribution in [3.05, 3.63) is 70.8 Å². The zero-order valence-corrected chi connectivity index (χ0v) is 10.5.